The van der Waals surface area contributed by atoms with E-state index in [0.717, 1.165) is 11.4 Å². The molecule has 1 aromatic carbocycles. The van der Waals surface area contributed by atoms with Gasteiger partial charge in [0.15, 0.2) is 0 Å². The molecule has 0 saturated heterocycles. The monoisotopic (exact) mass is 328 g/mol. The van der Waals surface area contributed by atoms with E-state index in [1.54, 1.807) is 0 Å². The highest BCUT2D eigenvalue weighted by Crippen LogP contribution is 2.27. The van der Waals surface area contributed by atoms with E-state index in [1.807, 2.05) is 60.2 Å². The van der Waals surface area contributed by atoms with Gasteiger partial charge in [0.2, 0.25) is 0 Å². The number of rotatable bonds is 4. The van der Waals surface area contributed by atoms with Crippen LogP contribution in [0, 0.1) is 0 Å². The summed E-state index contributed by atoms with van der Waals surface area (Å²) in [5.41, 5.74) is 1.97. The summed E-state index contributed by atoms with van der Waals surface area (Å²) in [6.45, 7) is 4.42. The summed E-state index contributed by atoms with van der Waals surface area (Å²) in [6, 6.07) is 8.10. The summed E-state index contributed by atoms with van der Waals surface area (Å²) >= 11 is 3.84. The number of benzene rings is 1. The summed E-state index contributed by atoms with van der Waals surface area (Å²) in [5.74, 6) is 0. The Labute approximate surface area is 140 Å². The smallest absolute Gasteiger partial charge is 0.0627 e. The van der Waals surface area contributed by atoms with Crippen molar-refractivity contribution < 1.29 is 0 Å². The van der Waals surface area contributed by atoms with Gasteiger partial charge < -0.3 is 0 Å². The second kappa shape index (κ2) is 7.34. The number of aliphatic imine (C=N–C) groups is 2. The number of hydrogen-bond acceptors (Lipinski definition) is 4. The van der Waals surface area contributed by atoms with Crippen LogP contribution in [-0.4, -0.2) is 33.4 Å². The van der Waals surface area contributed by atoms with Gasteiger partial charge in [0.05, 0.1) is 21.9 Å². The second-order valence-corrected chi connectivity index (χ2v) is 8.57. The van der Waals surface area contributed by atoms with Gasteiger partial charge in [-0.25, -0.2) is 0 Å². The summed E-state index contributed by atoms with van der Waals surface area (Å²) in [4.78, 5) is 9.09. The van der Waals surface area contributed by atoms with E-state index in [4.69, 9.17) is 0 Å². The van der Waals surface area contributed by atoms with Gasteiger partial charge in [-0.15, -0.1) is 23.5 Å². The molecule has 22 heavy (non-hydrogen) atoms. The van der Waals surface area contributed by atoms with Gasteiger partial charge in [-0.1, -0.05) is 24.3 Å². The lowest BCUT2D eigenvalue weighted by molar-refractivity contribution is 1.27. The van der Waals surface area contributed by atoms with Crippen LogP contribution in [0.15, 0.2) is 58.6 Å². The molecule has 4 unspecified atom stereocenters. The van der Waals surface area contributed by atoms with E-state index in [2.05, 4.69) is 48.1 Å². The Kier molecular flexibility index (Phi) is 5.21. The second-order valence-electron chi connectivity index (χ2n) is 5.45. The van der Waals surface area contributed by atoms with Crippen LogP contribution >= 0.6 is 23.5 Å². The van der Waals surface area contributed by atoms with Crippen molar-refractivity contribution in [3.8, 4) is 0 Å². The lowest BCUT2D eigenvalue weighted by atomic mass is 10.3. The van der Waals surface area contributed by atoms with Crippen LogP contribution in [0.1, 0.15) is 13.8 Å². The first kappa shape index (κ1) is 15.6. The average Bonchev–Trinajstić information content (AvgIpc) is 3.12. The molecule has 2 heterocycles. The van der Waals surface area contributed by atoms with Crippen LogP contribution in [0.4, 0.5) is 11.4 Å². The average molecular weight is 329 g/mol. The van der Waals surface area contributed by atoms with Crippen LogP contribution in [0.25, 0.3) is 0 Å². The van der Waals surface area contributed by atoms with Gasteiger partial charge in [0.25, 0.3) is 0 Å². The molecule has 0 bridgehead atoms. The molecular formula is C18H20N2S2. The standard InChI is InChI=1S/C18H20N2S2/c1-13-3-9-17(21-13)11-19-15-5-7-16(8-6-15)20-12-18-10-4-14(2)22-18/h3-14,17-18H,1-2H3. The summed E-state index contributed by atoms with van der Waals surface area (Å²) < 4.78 is 0. The van der Waals surface area contributed by atoms with E-state index in [9.17, 15) is 0 Å². The van der Waals surface area contributed by atoms with E-state index in [0.29, 0.717) is 21.0 Å². The molecule has 0 spiro atoms. The minimum Gasteiger partial charge on any atom is -0.260 e. The summed E-state index contributed by atoms with van der Waals surface area (Å²) in [7, 11) is 0. The Balaban J connectivity index is 1.56. The Morgan fingerprint density at radius 2 is 1.14 bits per heavy atom. The maximum atomic E-state index is 4.55. The Morgan fingerprint density at radius 1 is 0.727 bits per heavy atom. The maximum Gasteiger partial charge on any atom is 0.0627 e. The fourth-order valence-electron chi connectivity index (χ4n) is 2.32. The molecular weight excluding hydrogens is 308 g/mol. The molecule has 114 valence electrons. The summed E-state index contributed by atoms with van der Waals surface area (Å²) in [6.07, 6.45) is 12.9. The lowest BCUT2D eigenvalue weighted by Crippen LogP contribution is -1.97. The first-order valence-electron chi connectivity index (χ1n) is 7.55. The van der Waals surface area contributed by atoms with E-state index < -0.39 is 0 Å². The highest BCUT2D eigenvalue weighted by atomic mass is 32.2. The molecule has 2 nitrogen and oxygen atoms in total. The highest BCUT2D eigenvalue weighted by molar-refractivity contribution is 8.01. The molecule has 2 aliphatic heterocycles. The first-order valence-corrected chi connectivity index (χ1v) is 9.43. The lowest BCUT2D eigenvalue weighted by Gasteiger charge is -2.03. The van der Waals surface area contributed by atoms with Crippen LogP contribution in [0.2, 0.25) is 0 Å². The number of hydrogen-bond donors (Lipinski definition) is 0. The van der Waals surface area contributed by atoms with Crippen molar-refractivity contribution in [2.45, 2.75) is 34.8 Å². The van der Waals surface area contributed by atoms with Crippen molar-refractivity contribution in [3.63, 3.8) is 0 Å². The van der Waals surface area contributed by atoms with Crippen molar-refractivity contribution in [3.05, 3.63) is 48.6 Å². The van der Waals surface area contributed by atoms with Gasteiger partial charge in [0.1, 0.15) is 0 Å². The molecule has 0 amide bonds. The van der Waals surface area contributed by atoms with Crippen molar-refractivity contribution in [1.29, 1.82) is 0 Å². The Morgan fingerprint density at radius 3 is 1.45 bits per heavy atom. The van der Waals surface area contributed by atoms with Crippen LogP contribution in [0.3, 0.4) is 0 Å². The third-order valence-electron chi connectivity index (χ3n) is 3.48. The maximum absolute atomic E-state index is 4.55. The Bertz CT molecular complexity index is 561. The predicted octanol–water partition coefficient (Wildman–Crippen LogP) is 5.21. The molecule has 0 N–H and O–H groups in total. The molecule has 0 fully saturated rings. The van der Waals surface area contributed by atoms with Gasteiger partial charge >= 0.3 is 0 Å². The third kappa shape index (κ3) is 4.37. The van der Waals surface area contributed by atoms with Crippen molar-refractivity contribution in [2.75, 3.05) is 0 Å². The normalized spacial score (nSPS) is 31.0. The van der Waals surface area contributed by atoms with Crippen LogP contribution < -0.4 is 0 Å². The van der Waals surface area contributed by atoms with Crippen molar-refractivity contribution >= 4 is 47.3 Å². The molecule has 0 saturated carbocycles. The van der Waals surface area contributed by atoms with E-state index >= 15 is 0 Å². The fourth-order valence-corrected chi connectivity index (χ4v) is 4.30. The van der Waals surface area contributed by atoms with Gasteiger partial charge in [-0.2, -0.15) is 0 Å². The SMILES string of the molecule is CC1C=CC(C=Nc2ccc(N=CC3C=CC(C)S3)cc2)S1. The van der Waals surface area contributed by atoms with Gasteiger partial charge in [-0.3, -0.25) is 9.98 Å². The van der Waals surface area contributed by atoms with E-state index in [1.165, 1.54) is 0 Å². The third-order valence-corrected chi connectivity index (χ3v) is 5.84. The van der Waals surface area contributed by atoms with E-state index in [-0.39, 0.29) is 0 Å². The minimum absolute atomic E-state index is 0.404. The van der Waals surface area contributed by atoms with Crippen molar-refractivity contribution in [2.24, 2.45) is 9.98 Å². The highest BCUT2D eigenvalue weighted by Gasteiger charge is 2.13. The topological polar surface area (TPSA) is 24.7 Å². The van der Waals surface area contributed by atoms with Crippen LogP contribution in [0.5, 0.6) is 0 Å². The van der Waals surface area contributed by atoms with Gasteiger partial charge in [-0.05, 0) is 38.1 Å². The number of nitrogens with zero attached hydrogens (tertiary/aromatic N) is 2. The molecule has 4 atom stereocenters. The molecule has 0 aromatic heterocycles. The Hall–Kier alpha value is -1.26. The molecule has 1 aromatic rings. The minimum atomic E-state index is 0.404. The predicted molar refractivity (Wildman–Crippen MR) is 103 cm³/mol. The number of thioether (sulfide) groups is 2. The zero-order chi connectivity index (χ0) is 15.4. The first-order chi connectivity index (χ1) is 10.7. The largest absolute Gasteiger partial charge is 0.260 e. The molecule has 2 aliphatic rings. The quantitative estimate of drug-likeness (QED) is 0.560. The zero-order valence-corrected chi connectivity index (χ0v) is 14.4. The molecule has 3 rings (SSSR count). The van der Waals surface area contributed by atoms with Crippen molar-refractivity contribution in [1.82, 2.24) is 0 Å². The zero-order valence-electron chi connectivity index (χ0n) is 12.8. The summed E-state index contributed by atoms with van der Waals surface area (Å²) in [5, 5.41) is 2.00. The molecule has 0 aliphatic carbocycles. The molecule has 0 radical (unpaired) electrons. The molecule has 4 heteroatoms. The van der Waals surface area contributed by atoms with Gasteiger partial charge in [0, 0.05) is 22.9 Å². The van der Waals surface area contributed by atoms with Crippen LogP contribution in [-0.2, 0) is 0 Å². The fraction of sp³-hybridized carbons (Fsp3) is 0.333.